The van der Waals surface area contributed by atoms with Crippen molar-refractivity contribution in [3.63, 3.8) is 0 Å². The molecule has 18 heavy (non-hydrogen) atoms. The third-order valence-electron chi connectivity index (χ3n) is 3.06. The Morgan fingerprint density at radius 2 is 2.06 bits per heavy atom. The highest BCUT2D eigenvalue weighted by molar-refractivity contribution is 5.78. The third kappa shape index (κ3) is 2.63. The molecular formula is C14H22N4. The van der Waals surface area contributed by atoms with Gasteiger partial charge in [0.15, 0.2) is 5.65 Å². The topological polar surface area (TPSA) is 42.7 Å². The van der Waals surface area contributed by atoms with E-state index in [-0.39, 0.29) is 0 Å². The van der Waals surface area contributed by atoms with Gasteiger partial charge >= 0.3 is 0 Å². The normalized spacial score (nSPS) is 13.2. The fraction of sp³-hybridized carbons (Fsp3) is 0.571. The van der Waals surface area contributed by atoms with Gasteiger partial charge in [-0.1, -0.05) is 13.3 Å². The Morgan fingerprint density at radius 3 is 2.72 bits per heavy atom. The number of fused-ring (bicyclic) bond motifs is 1. The molecule has 2 rings (SSSR count). The van der Waals surface area contributed by atoms with Crippen LogP contribution in [0.4, 0.5) is 5.69 Å². The summed E-state index contributed by atoms with van der Waals surface area (Å²) in [4.78, 5) is 4.51. The summed E-state index contributed by atoms with van der Waals surface area (Å²) >= 11 is 0. The molecule has 0 saturated heterocycles. The molecule has 0 radical (unpaired) electrons. The first-order valence-corrected chi connectivity index (χ1v) is 6.71. The summed E-state index contributed by atoms with van der Waals surface area (Å²) in [6, 6.07) is 2.95. The standard InChI is InChI=1S/C14H22N4/c1-5-6-11(4)17-13-7-12-8-16-18(10(2)3)14(12)15-9-13/h7-11,17H,5-6H2,1-4H3. The monoisotopic (exact) mass is 246 g/mol. The van der Waals surface area contributed by atoms with Crippen molar-refractivity contribution in [2.24, 2.45) is 0 Å². The van der Waals surface area contributed by atoms with E-state index in [1.165, 1.54) is 12.8 Å². The highest BCUT2D eigenvalue weighted by atomic mass is 15.3. The lowest BCUT2D eigenvalue weighted by Crippen LogP contribution is -2.14. The lowest BCUT2D eigenvalue weighted by Gasteiger charge is -2.14. The van der Waals surface area contributed by atoms with Gasteiger partial charge in [-0.15, -0.1) is 0 Å². The number of nitrogens with zero attached hydrogens (tertiary/aromatic N) is 3. The quantitative estimate of drug-likeness (QED) is 0.876. The van der Waals surface area contributed by atoms with Gasteiger partial charge in [-0.3, -0.25) is 0 Å². The van der Waals surface area contributed by atoms with Gasteiger partial charge in [0, 0.05) is 17.5 Å². The second-order valence-corrected chi connectivity index (χ2v) is 5.15. The van der Waals surface area contributed by atoms with Crippen LogP contribution < -0.4 is 5.32 Å². The molecule has 0 saturated carbocycles. The van der Waals surface area contributed by atoms with Crippen LogP contribution in [0.15, 0.2) is 18.5 Å². The molecular weight excluding hydrogens is 224 g/mol. The van der Waals surface area contributed by atoms with E-state index in [0.717, 1.165) is 16.7 Å². The minimum Gasteiger partial charge on any atom is -0.381 e. The molecule has 0 fully saturated rings. The van der Waals surface area contributed by atoms with Crippen molar-refractivity contribution >= 4 is 16.7 Å². The molecule has 0 aromatic carbocycles. The lowest BCUT2D eigenvalue weighted by atomic mass is 10.2. The minimum absolute atomic E-state index is 0.341. The molecule has 4 nitrogen and oxygen atoms in total. The van der Waals surface area contributed by atoms with Crippen LogP contribution in [-0.4, -0.2) is 20.8 Å². The van der Waals surface area contributed by atoms with Gasteiger partial charge in [0.1, 0.15) is 0 Å². The summed E-state index contributed by atoms with van der Waals surface area (Å²) in [5, 5.41) is 8.95. The first kappa shape index (κ1) is 12.9. The predicted molar refractivity (Wildman–Crippen MR) is 75.9 cm³/mol. The second-order valence-electron chi connectivity index (χ2n) is 5.15. The molecule has 2 aromatic rings. The number of anilines is 1. The first-order chi connectivity index (χ1) is 8.61. The van der Waals surface area contributed by atoms with Gasteiger partial charge in [-0.25, -0.2) is 9.67 Å². The van der Waals surface area contributed by atoms with Crippen LogP contribution in [0.2, 0.25) is 0 Å². The zero-order valence-corrected chi connectivity index (χ0v) is 11.6. The van der Waals surface area contributed by atoms with Crippen LogP contribution in [0, 0.1) is 0 Å². The molecule has 0 aliphatic carbocycles. The maximum absolute atomic E-state index is 4.51. The molecule has 0 bridgehead atoms. The zero-order chi connectivity index (χ0) is 13.1. The van der Waals surface area contributed by atoms with Crippen LogP contribution in [0.3, 0.4) is 0 Å². The highest BCUT2D eigenvalue weighted by Crippen LogP contribution is 2.19. The van der Waals surface area contributed by atoms with E-state index in [2.05, 4.69) is 49.2 Å². The lowest BCUT2D eigenvalue weighted by molar-refractivity contribution is 0.546. The Bertz CT molecular complexity index is 515. The molecule has 1 atom stereocenters. The largest absolute Gasteiger partial charge is 0.381 e. The predicted octanol–water partition coefficient (Wildman–Crippen LogP) is 3.61. The second kappa shape index (κ2) is 5.38. The van der Waals surface area contributed by atoms with Gasteiger partial charge in [-0.2, -0.15) is 5.10 Å². The van der Waals surface area contributed by atoms with Gasteiger partial charge in [0.05, 0.1) is 18.1 Å². The molecule has 1 unspecified atom stereocenters. The number of nitrogens with one attached hydrogen (secondary N) is 1. The molecule has 2 aromatic heterocycles. The molecule has 4 heteroatoms. The first-order valence-electron chi connectivity index (χ1n) is 6.71. The van der Waals surface area contributed by atoms with E-state index in [1.807, 2.05) is 17.1 Å². The van der Waals surface area contributed by atoms with Crippen molar-refractivity contribution in [2.45, 2.75) is 52.6 Å². The van der Waals surface area contributed by atoms with Crippen molar-refractivity contribution in [3.8, 4) is 0 Å². The van der Waals surface area contributed by atoms with Crippen LogP contribution in [0.25, 0.3) is 11.0 Å². The number of hydrogen-bond donors (Lipinski definition) is 1. The Morgan fingerprint density at radius 1 is 1.28 bits per heavy atom. The van der Waals surface area contributed by atoms with Crippen molar-refractivity contribution in [3.05, 3.63) is 18.5 Å². The van der Waals surface area contributed by atoms with Crippen molar-refractivity contribution in [2.75, 3.05) is 5.32 Å². The minimum atomic E-state index is 0.341. The van der Waals surface area contributed by atoms with E-state index < -0.39 is 0 Å². The number of aromatic nitrogens is 3. The average molecular weight is 246 g/mol. The molecule has 98 valence electrons. The number of pyridine rings is 1. The number of rotatable bonds is 5. The summed E-state index contributed by atoms with van der Waals surface area (Å²) in [7, 11) is 0. The van der Waals surface area contributed by atoms with E-state index in [9.17, 15) is 0 Å². The van der Waals surface area contributed by atoms with Crippen LogP contribution in [-0.2, 0) is 0 Å². The third-order valence-corrected chi connectivity index (χ3v) is 3.06. The van der Waals surface area contributed by atoms with Crippen LogP contribution >= 0.6 is 0 Å². The fourth-order valence-electron chi connectivity index (χ4n) is 2.19. The van der Waals surface area contributed by atoms with Crippen LogP contribution in [0.1, 0.15) is 46.6 Å². The summed E-state index contributed by atoms with van der Waals surface area (Å²) in [5.74, 6) is 0. The molecule has 0 amide bonds. The van der Waals surface area contributed by atoms with Gasteiger partial charge < -0.3 is 5.32 Å². The van der Waals surface area contributed by atoms with Crippen molar-refractivity contribution < 1.29 is 0 Å². The Hall–Kier alpha value is -1.58. The van der Waals surface area contributed by atoms with Crippen molar-refractivity contribution in [1.29, 1.82) is 0 Å². The average Bonchev–Trinajstić information content (AvgIpc) is 2.72. The van der Waals surface area contributed by atoms with Gasteiger partial charge in [-0.05, 0) is 33.3 Å². The fourth-order valence-corrected chi connectivity index (χ4v) is 2.19. The van der Waals surface area contributed by atoms with E-state index in [4.69, 9.17) is 0 Å². The number of hydrogen-bond acceptors (Lipinski definition) is 3. The van der Waals surface area contributed by atoms with Crippen molar-refractivity contribution in [1.82, 2.24) is 14.8 Å². The molecule has 1 N–H and O–H groups in total. The SMILES string of the molecule is CCCC(C)Nc1cnc2c(cnn2C(C)C)c1. The van der Waals surface area contributed by atoms with Gasteiger partial charge in [0.25, 0.3) is 0 Å². The molecule has 0 aliphatic heterocycles. The summed E-state index contributed by atoms with van der Waals surface area (Å²) < 4.78 is 1.95. The smallest absolute Gasteiger partial charge is 0.158 e. The summed E-state index contributed by atoms with van der Waals surface area (Å²) in [6.07, 6.45) is 6.14. The molecule has 0 spiro atoms. The van der Waals surface area contributed by atoms with E-state index in [0.29, 0.717) is 12.1 Å². The Labute approximate surface area is 108 Å². The highest BCUT2D eigenvalue weighted by Gasteiger charge is 2.08. The summed E-state index contributed by atoms with van der Waals surface area (Å²) in [6.45, 7) is 8.63. The van der Waals surface area contributed by atoms with E-state index >= 15 is 0 Å². The zero-order valence-electron chi connectivity index (χ0n) is 11.6. The van der Waals surface area contributed by atoms with Gasteiger partial charge in [0.2, 0.25) is 0 Å². The molecule has 2 heterocycles. The summed E-state index contributed by atoms with van der Waals surface area (Å²) in [5.41, 5.74) is 2.03. The molecule has 0 aliphatic rings. The maximum Gasteiger partial charge on any atom is 0.158 e. The van der Waals surface area contributed by atoms with Crippen LogP contribution in [0.5, 0.6) is 0 Å². The van der Waals surface area contributed by atoms with E-state index in [1.54, 1.807) is 0 Å². The maximum atomic E-state index is 4.51. The Kier molecular flexibility index (Phi) is 3.84. The Balaban J connectivity index is 2.23.